The van der Waals surface area contributed by atoms with Crippen LogP contribution in [0.1, 0.15) is 33.6 Å². The van der Waals surface area contributed by atoms with E-state index in [0.717, 1.165) is 19.6 Å². The van der Waals surface area contributed by atoms with E-state index in [4.69, 9.17) is 0 Å². The second kappa shape index (κ2) is 4.74. The van der Waals surface area contributed by atoms with E-state index in [0.29, 0.717) is 23.7 Å². The highest BCUT2D eigenvalue weighted by atomic mass is 16.2. The van der Waals surface area contributed by atoms with Gasteiger partial charge in [0, 0.05) is 13.1 Å². The first-order valence-electron chi connectivity index (χ1n) is 6.61. The summed E-state index contributed by atoms with van der Waals surface area (Å²) >= 11 is 0. The van der Waals surface area contributed by atoms with Crippen molar-refractivity contribution in [2.45, 2.75) is 39.7 Å². The van der Waals surface area contributed by atoms with Crippen molar-refractivity contribution in [3.8, 4) is 0 Å². The minimum absolute atomic E-state index is 0.0752. The normalized spacial score (nSPS) is 40.1. The van der Waals surface area contributed by atoms with Crippen molar-refractivity contribution in [2.75, 3.05) is 19.6 Å². The van der Waals surface area contributed by atoms with Crippen LogP contribution < -0.4 is 5.32 Å². The first-order chi connectivity index (χ1) is 7.59. The Kier molecular flexibility index (Phi) is 3.53. The molecule has 2 aliphatic rings. The van der Waals surface area contributed by atoms with Crippen molar-refractivity contribution in [1.29, 1.82) is 0 Å². The lowest BCUT2D eigenvalue weighted by molar-refractivity contribution is -0.134. The van der Waals surface area contributed by atoms with Gasteiger partial charge < -0.3 is 10.2 Å². The lowest BCUT2D eigenvalue weighted by Crippen LogP contribution is -2.51. The van der Waals surface area contributed by atoms with Crippen molar-refractivity contribution >= 4 is 5.91 Å². The smallest absolute Gasteiger partial charge is 0.239 e. The number of nitrogens with one attached hydrogen (secondary N) is 1. The molecule has 0 aliphatic carbocycles. The molecule has 16 heavy (non-hydrogen) atoms. The average Bonchev–Trinajstić information content (AvgIpc) is 2.59. The van der Waals surface area contributed by atoms with E-state index in [1.807, 2.05) is 0 Å². The molecule has 2 heterocycles. The largest absolute Gasteiger partial charge is 0.341 e. The summed E-state index contributed by atoms with van der Waals surface area (Å²) in [5.74, 6) is 2.14. The summed E-state index contributed by atoms with van der Waals surface area (Å²) < 4.78 is 0. The number of rotatable bonds is 1. The van der Waals surface area contributed by atoms with Gasteiger partial charge in [-0.25, -0.2) is 0 Å². The maximum absolute atomic E-state index is 12.4. The summed E-state index contributed by atoms with van der Waals surface area (Å²) in [6, 6.07) is 0.0752. The lowest BCUT2D eigenvalue weighted by Gasteiger charge is -2.32. The van der Waals surface area contributed by atoms with Gasteiger partial charge in [0.15, 0.2) is 0 Å². The molecule has 0 spiro atoms. The lowest BCUT2D eigenvalue weighted by atomic mass is 9.92. The van der Waals surface area contributed by atoms with Crippen molar-refractivity contribution in [3.05, 3.63) is 0 Å². The number of nitrogens with zero attached hydrogens (tertiary/aromatic N) is 1. The van der Waals surface area contributed by atoms with Gasteiger partial charge >= 0.3 is 0 Å². The van der Waals surface area contributed by atoms with Crippen molar-refractivity contribution in [3.63, 3.8) is 0 Å². The van der Waals surface area contributed by atoms with Crippen LogP contribution in [0.4, 0.5) is 0 Å². The van der Waals surface area contributed by atoms with Crippen LogP contribution in [0, 0.1) is 17.8 Å². The van der Waals surface area contributed by atoms with E-state index in [2.05, 4.69) is 31.0 Å². The number of hydrogen-bond donors (Lipinski definition) is 1. The van der Waals surface area contributed by atoms with E-state index >= 15 is 0 Å². The molecule has 92 valence electrons. The molecule has 3 nitrogen and oxygen atoms in total. The topological polar surface area (TPSA) is 32.3 Å². The Balaban J connectivity index is 1.96. The third kappa shape index (κ3) is 2.24. The Hall–Kier alpha value is -0.570. The first kappa shape index (κ1) is 11.9. The quantitative estimate of drug-likeness (QED) is 0.732. The minimum Gasteiger partial charge on any atom is -0.341 e. The molecule has 0 aromatic rings. The highest BCUT2D eigenvalue weighted by Crippen LogP contribution is 2.25. The summed E-state index contributed by atoms with van der Waals surface area (Å²) in [6.07, 6.45) is 2.39. The summed E-state index contributed by atoms with van der Waals surface area (Å²) in [7, 11) is 0. The zero-order valence-electron chi connectivity index (χ0n) is 10.7. The molecule has 0 bridgehead atoms. The predicted octanol–water partition coefficient (Wildman–Crippen LogP) is 1.49. The van der Waals surface area contributed by atoms with Crippen LogP contribution in [0.25, 0.3) is 0 Å². The third-order valence-corrected chi connectivity index (χ3v) is 4.34. The summed E-state index contributed by atoms with van der Waals surface area (Å²) in [5.41, 5.74) is 0. The van der Waals surface area contributed by atoms with E-state index in [9.17, 15) is 4.79 Å². The van der Waals surface area contributed by atoms with Gasteiger partial charge in [0.25, 0.3) is 0 Å². The zero-order chi connectivity index (χ0) is 11.7. The van der Waals surface area contributed by atoms with Crippen LogP contribution in [0.15, 0.2) is 0 Å². The molecule has 2 fully saturated rings. The molecule has 4 unspecified atom stereocenters. The highest BCUT2D eigenvalue weighted by molar-refractivity contribution is 5.82. The van der Waals surface area contributed by atoms with Gasteiger partial charge in [-0.3, -0.25) is 4.79 Å². The van der Waals surface area contributed by atoms with E-state index < -0.39 is 0 Å². The number of piperidine rings is 1. The Morgan fingerprint density at radius 2 is 1.75 bits per heavy atom. The van der Waals surface area contributed by atoms with Gasteiger partial charge in [0.2, 0.25) is 5.91 Å². The van der Waals surface area contributed by atoms with Crippen LogP contribution in [0.3, 0.4) is 0 Å². The molecule has 3 heteroatoms. The second-order valence-corrected chi connectivity index (χ2v) is 5.75. The van der Waals surface area contributed by atoms with E-state index in [1.165, 1.54) is 12.8 Å². The summed E-state index contributed by atoms with van der Waals surface area (Å²) in [5, 5.41) is 3.38. The molecule has 4 atom stereocenters. The maximum Gasteiger partial charge on any atom is 0.239 e. The number of hydrogen-bond acceptors (Lipinski definition) is 2. The minimum atomic E-state index is 0.0752. The number of amides is 1. The Labute approximate surface area is 98.6 Å². The molecule has 0 radical (unpaired) electrons. The van der Waals surface area contributed by atoms with Crippen LogP contribution in [-0.4, -0.2) is 36.5 Å². The zero-order valence-corrected chi connectivity index (χ0v) is 10.7. The monoisotopic (exact) mass is 224 g/mol. The fourth-order valence-electron chi connectivity index (χ4n) is 2.89. The molecule has 2 saturated heterocycles. The molecule has 0 saturated carbocycles. The van der Waals surface area contributed by atoms with Gasteiger partial charge in [0.05, 0.1) is 6.04 Å². The van der Waals surface area contributed by atoms with Gasteiger partial charge in [-0.05, 0) is 37.1 Å². The summed E-state index contributed by atoms with van der Waals surface area (Å²) in [4.78, 5) is 14.4. The Morgan fingerprint density at radius 3 is 2.31 bits per heavy atom. The van der Waals surface area contributed by atoms with E-state index in [-0.39, 0.29) is 6.04 Å². The number of carbonyl (C=O) groups excluding carboxylic acids is 1. The third-order valence-electron chi connectivity index (χ3n) is 4.34. The fourth-order valence-corrected chi connectivity index (χ4v) is 2.89. The predicted molar refractivity (Wildman–Crippen MR) is 65.1 cm³/mol. The van der Waals surface area contributed by atoms with Crippen LogP contribution in [0.5, 0.6) is 0 Å². The standard InChI is InChI=1S/C13H24N2O/c1-9-5-4-6-14-12(9)13(16)15-7-10(2)11(3)8-15/h9-12,14H,4-8H2,1-3H3. The maximum atomic E-state index is 12.4. The molecule has 0 aromatic carbocycles. The van der Waals surface area contributed by atoms with Crippen molar-refractivity contribution < 1.29 is 4.79 Å². The second-order valence-electron chi connectivity index (χ2n) is 5.75. The van der Waals surface area contributed by atoms with Crippen LogP contribution in [0.2, 0.25) is 0 Å². The van der Waals surface area contributed by atoms with E-state index in [1.54, 1.807) is 0 Å². The highest BCUT2D eigenvalue weighted by Gasteiger charge is 2.35. The molecular weight excluding hydrogens is 200 g/mol. The van der Waals surface area contributed by atoms with Gasteiger partial charge in [0.1, 0.15) is 0 Å². The number of likely N-dealkylation sites (tertiary alicyclic amines) is 1. The Morgan fingerprint density at radius 1 is 1.12 bits per heavy atom. The summed E-state index contributed by atoms with van der Waals surface area (Å²) in [6.45, 7) is 9.58. The van der Waals surface area contributed by atoms with Crippen LogP contribution >= 0.6 is 0 Å². The molecule has 1 amide bonds. The molecule has 2 aliphatic heterocycles. The van der Waals surface area contributed by atoms with Crippen molar-refractivity contribution in [1.82, 2.24) is 10.2 Å². The number of carbonyl (C=O) groups is 1. The molecule has 1 N–H and O–H groups in total. The molecular formula is C13H24N2O. The Bertz CT molecular complexity index is 257. The first-order valence-corrected chi connectivity index (χ1v) is 6.61. The molecule has 2 rings (SSSR count). The van der Waals surface area contributed by atoms with Gasteiger partial charge in [-0.2, -0.15) is 0 Å². The fraction of sp³-hybridized carbons (Fsp3) is 0.923. The van der Waals surface area contributed by atoms with Gasteiger partial charge in [-0.1, -0.05) is 20.8 Å². The van der Waals surface area contributed by atoms with Crippen LogP contribution in [-0.2, 0) is 4.79 Å². The average molecular weight is 224 g/mol. The van der Waals surface area contributed by atoms with Gasteiger partial charge in [-0.15, -0.1) is 0 Å². The van der Waals surface area contributed by atoms with Crippen molar-refractivity contribution in [2.24, 2.45) is 17.8 Å². The SMILES string of the molecule is CC1CN(C(=O)C2NCCCC2C)CC1C. The molecule has 0 aromatic heterocycles.